The lowest BCUT2D eigenvalue weighted by molar-refractivity contribution is -0.124. The van der Waals surface area contributed by atoms with Crippen LogP contribution in [0.4, 0.5) is 4.39 Å². The summed E-state index contributed by atoms with van der Waals surface area (Å²) >= 11 is 1.49. The molecule has 6 heteroatoms. The summed E-state index contributed by atoms with van der Waals surface area (Å²) in [5, 5.41) is 5.63. The fourth-order valence-electron chi connectivity index (χ4n) is 1.97. The van der Waals surface area contributed by atoms with Gasteiger partial charge in [0.25, 0.3) is 0 Å². The van der Waals surface area contributed by atoms with Crippen LogP contribution in [0.15, 0.2) is 24.3 Å². The minimum Gasteiger partial charge on any atom is -0.354 e. The molecule has 1 heterocycles. The van der Waals surface area contributed by atoms with Crippen LogP contribution in [0.5, 0.6) is 0 Å². The Kier molecular flexibility index (Phi) is 5.40. The smallest absolute Gasteiger partial charge is 0.230 e. The van der Waals surface area contributed by atoms with Crippen LogP contribution in [0.25, 0.3) is 0 Å². The van der Waals surface area contributed by atoms with Crippen molar-refractivity contribution in [3.8, 4) is 0 Å². The average molecular weight is 296 g/mol. The summed E-state index contributed by atoms with van der Waals surface area (Å²) in [6.07, 6.45) is 1.16. The van der Waals surface area contributed by atoms with Crippen molar-refractivity contribution in [1.29, 1.82) is 0 Å². The molecule has 2 amide bonds. The van der Waals surface area contributed by atoms with Crippen LogP contribution in [0, 0.1) is 5.82 Å². The fraction of sp³-hybridized carbons (Fsp3) is 0.429. The lowest BCUT2D eigenvalue weighted by Gasteiger charge is -2.23. The predicted molar refractivity (Wildman–Crippen MR) is 76.7 cm³/mol. The summed E-state index contributed by atoms with van der Waals surface area (Å²) in [5.74, 6) is 0.798. The lowest BCUT2D eigenvalue weighted by Crippen LogP contribution is -2.48. The van der Waals surface area contributed by atoms with E-state index in [0.717, 1.165) is 5.56 Å². The van der Waals surface area contributed by atoms with Crippen LogP contribution >= 0.6 is 11.8 Å². The van der Waals surface area contributed by atoms with Crippen molar-refractivity contribution in [2.45, 2.75) is 24.6 Å². The molecule has 20 heavy (non-hydrogen) atoms. The highest BCUT2D eigenvalue weighted by Gasteiger charge is 2.19. The van der Waals surface area contributed by atoms with Gasteiger partial charge in [0.05, 0.1) is 5.75 Å². The van der Waals surface area contributed by atoms with Gasteiger partial charge in [-0.15, -0.1) is 11.8 Å². The molecule has 1 aromatic carbocycles. The summed E-state index contributed by atoms with van der Waals surface area (Å²) in [5.41, 5.74) is 0.995. The van der Waals surface area contributed by atoms with Gasteiger partial charge in [0.1, 0.15) is 5.82 Å². The molecule has 1 unspecified atom stereocenters. The molecule has 4 nitrogen and oxygen atoms in total. The number of hydrogen-bond acceptors (Lipinski definition) is 3. The van der Waals surface area contributed by atoms with E-state index in [0.29, 0.717) is 30.9 Å². The first-order valence-corrected chi connectivity index (χ1v) is 7.67. The number of nitrogens with one attached hydrogen (secondary N) is 2. The number of hydrogen-bond donors (Lipinski definition) is 2. The topological polar surface area (TPSA) is 58.2 Å². The maximum atomic E-state index is 12.7. The zero-order chi connectivity index (χ0) is 14.4. The standard InChI is InChI=1S/C14H17FN2O2S/c15-11-3-1-10(2-4-11)8-20-9-14(19)17-12-5-6-13(18)16-7-12/h1-4,12H,5-9H2,(H,16,18)(H,17,19). The van der Waals surface area contributed by atoms with Gasteiger partial charge in [-0.05, 0) is 24.1 Å². The molecule has 1 atom stereocenters. The van der Waals surface area contributed by atoms with Crippen LogP contribution in [-0.2, 0) is 15.3 Å². The average Bonchev–Trinajstić information content (AvgIpc) is 2.44. The molecule has 108 valence electrons. The van der Waals surface area contributed by atoms with Gasteiger partial charge < -0.3 is 10.6 Å². The molecule has 1 aliphatic heterocycles. The first kappa shape index (κ1) is 14.8. The van der Waals surface area contributed by atoms with E-state index in [1.54, 1.807) is 12.1 Å². The van der Waals surface area contributed by atoms with Gasteiger partial charge in [0.2, 0.25) is 11.8 Å². The minimum atomic E-state index is -0.254. The van der Waals surface area contributed by atoms with E-state index in [-0.39, 0.29) is 23.7 Å². The SMILES string of the molecule is O=C1CCC(NC(=O)CSCc2ccc(F)cc2)CN1. The van der Waals surface area contributed by atoms with E-state index in [4.69, 9.17) is 0 Å². The second-order valence-electron chi connectivity index (χ2n) is 4.73. The maximum Gasteiger partial charge on any atom is 0.230 e. The normalized spacial score (nSPS) is 18.4. The molecule has 2 N–H and O–H groups in total. The quantitative estimate of drug-likeness (QED) is 0.865. The van der Waals surface area contributed by atoms with Crippen LogP contribution < -0.4 is 10.6 Å². The zero-order valence-electron chi connectivity index (χ0n) is 11.0. The Morgan fingerprint density at radius 2 is 2.15 bits per heavy atom. The van der Waals surface area contributed by atoms with E-state index in [9.17, 15) is 14.0 Å². The summed E-state index contributed by atoms with van der Waals surface area (Å²) in [7, 11) is 0. The van der Waals surface area contributed by atoms with E-state index in [1.165, 1.54) is 23.9 Å². The Hall–Kier alpha value is -1.56. The van der Waals surface area contributed by atoms with Crippen LogP contribution in [0.2, 0.25) is 0 Å². The number of piperidine rings is 1. The Bertz CT molecular complexity index is 469. The van der Waals surface area contributed by atoms with Crippen molar-refractivity contribution < 1.29 is 14.0 Å². The third-order valence-electron chi connectivity index (χ3n) is 3.05. The molecule has 1 aliphatic rings. The molecule has 1 fully saturated rings. The number of carbonyl (C=O) groups excluding carboxylic acids is 2. The van der Waals surface area contributed by atoms with Crippen molar-refractivity contribution in [2.75, 3.05) is 12.3 Å². The van der Waals surface area contributed by atoms with Crippen molar-refractivity contribution in [1.82, 2.24) is 10.6 Å². The molecule has 2 rings (SSSR count). The van der Waals surface area contributed by atoms with Crippen LogP contribution in [-0.4, -0.2) is 30.2 Å². The molecular formula is C14H17FN2O2S. The molecule has 0 radical (unpaired) electrons. The molecule has 0 aromatic heterocycles. The largest absolute Gasteiger partial charge is 0.354 e. The highest BCUT2D eigenvalue weighted by Crippen LogP contribution is 2.12. The number of thioether (sulfide) groups is 1. The third kappa shape index (κ3) is 4.85. The van der Waals surface area contributed by atoms with Gasteiger partial charge in [-0.2, -0.15) is 0 Å². The molecule has 1 aromatic rings. The first-order chi connectivity index (χ1) is 9.63. The van der Waals surface area contributed by atoms with Crippen molar-refractivity contribution in [2.24, 2.45) is 0 Å². The number of halogens is 1. The fourth-order valence-corrected chi connectivity index (χ4v) is 2.77. The predicted octanol–water partition coefficient (Wildman–Crippen LogP) is 1.45. The Balaban J connectivity index is 1.65. The molecule has 0 aliphatic carbocycles. The summed E-state index contributed by atoms with van der Waals surface area (Å²) in [6, 6.07) is 6.31. The van der Waals surface area contributed by atoms with Crippen LogP contribution in [0.1, 0.15) is 18.4 Å². The Morgan fingerprint density at radius 1 is 1.40 bits per heavy atom. The van der Waals surface area contributed by atoms with Gasteiger partial charge >= 0.3 is 0 Å². The number of benzene rings is 1. The van der Waals surface area contributed by atoms with Crippen molar-refractivity contribution in [3.05, 3.63) is 35.6 Å². The van der Waals surface area contributed by atoms with E-state index in [1.807, 2.05) is 0 Å². The second kappa shape index (κ2) is 7.28. The molecular weight excluding hydrogens is 279 g/mol. The van der Waals surface area contributed by atoms with E-state index >= 15 is 0 Å². The minimum absolute atomic E-state index is 0.0294. The molecule has 0 saturated carbocycles. The lowest BCUT2D eigenvalue weighted by atomic mass is 10.1. The second-order valence-corrected chi connectivity index (χ2v) is 5.71. The Labute approximate surface area is 121 Å². The molecule has 1 saturated heterocycles. The highest BCUT2D eigenvalue weighted by atomic mass is 32.2. The summed E-state index contributed by atoms with van der Waals surface area (Å²) < 4.78 is 12.7. The van der Waals surface area contributed by atoms with E-state index in [2.05, 4.69) is 10.6 Å². The number of amides is 2. The van der Waals surface area contributed by atoms with Gasteiger partial charge in [0, 0.05) is 24.8 Å². The monoisotopic (exact) mass is 296 g/mol. The van der Waals surface area contributed by atoms with Crippen LogP contribution in [0.3, 0.4) is 0 Å². The highest BCUT2D eigenvalue weighted by molar-refractivity contribution is 7.99. The molecule has 0 bridgehead atoms. The molecule has 0 spiro atoms. The van der Waals surface area contributed by atoms with Gasteiger partial charge in [0.15, 0.2) is 0 Å². The van der Waals surface area contributed by atoms with Gasteiger partial charge in [-0.3, -0.25) is 9.59 Å². The number of carbonyl (C=O) groups is 2. The first-order valence-electron chi connectivity index (χ1n) is 6.52. The summed E-state index contributed by atoms with van der Waals surface area (Å²) in [6.45, 7) is 0.507. The van der Waals surface area contributed by atoms with Crippen molar-refractivity contribution in [3.63, 3.8) is 0 Å². The zero-order valence-corrected chi connectivity index (χ0v) is 11.8. The number of rotatable bonds is 5. The van der Waals surface area contributed by atoms with Gasteiger partial charge in [-0.1, -0.05) is 12.1 Å². The van der Waals surface area contributed by atoms with Gasteiger partial charge in [-0.25, -0.2) is 4.39 Å². The van der Waals surface area contributed by atoms with Crippen molar-refractivity contribution >= 4 is 23.6 Å². The Morgan fingerprint density at radius 3 is 2.80 bits per heavy atom. The van der Waals surface area contributed by atoms with E-state index < -0.39 is 0 Å². The third-order valence-corrected chi connectivity index (χ3v) is 4.05. The summed E-state index contributed by atoms with van der Waals surface area (Å²) in [4.78, 5) is 22.7. The maximum absolute atomic E-state index is 12.7.